The summed E-state index contributed by atoms with van der Waals surface area (Å²) in [7, 11) is 0. The van der Waals surface area contributed by atoms with Crippen molar-refractivity contribution in [3.8, 4) is 5.75 Å². The number of aromatic amines is 1. The molecule has 2 rings (SSSR count). The number of ether oxygens (including phenoxy) is 1. The Bertz CT molecular complexity index is 576. The van der Waals surface area contributed by atoms with E-state index in [9.17, 15) is 9.59 Å². The maximum atomic E-state index is 11.7. The maximum Gasteiger partial charge on any atom is 0.409 e. The van der Waals surface area contributed by atoms with Gasteiger partial charge in [0.15, 0.2) is 5.75 Å². The molecule has 0 spiro atoms. The zero-order chi connectivity index (χ0) is 10.8. The number of aromatic nitrogens is 1. The van der Waals surface area contributed by atoms with Crippen molar-refractivity contribution in [2.45, 2.75) is 0 Å². The molecule has 0 aliphatic heterocycles. The van der Waals surface area contributed by atoms with Crippen molar-refractivity contribution >= 4 is 27.9 Å². The lowest BCUT2D eigenvalue weighted by molar-refractivity contribution is 0.225. The molecule has 0 unspecified atom stereocenters. The number of benzene rings is 1. The Morgan fingerprint density at radius 2 is 2.07 bits per heavy atom. The first-order valence-electron chi connectivity index (χ1n) is 4.16. The molecular formula is C10H6ClNO3. The average Bonchev–Trinajstić information content (AvgIpc) is 2.22. The number of para-hydroxylation sites is 1. The van der Waals surface area contributed by atoms with Crippen molar-refractivity contribution in [1.82, 2.24) is 4.98 Å². The van der Waals surface area contributed by atoms with E-state index in [1.54, 1.807) is 24.3 Å². The molecule has 5 heteroatoms. The number of rotatable bonds is 1. The van der Waals surface area contributed by atoms with Gasteiger partial charge in [-0.25, -0.2) is 4.79 Å². The normalized spacial score (nSPS) is 10.2. The molecule has 1 heterocycles. The third-order valence-corrected chi connectivity index (χ3v) is 2.02. The lowest BCUT2D eigenvalue weighted by atomic mass is 10.2. The van der Waals surface area contributed by atoms with Gasteiger partial charge in [0.25, 0.3) is 0 Å². The van der Waals surface area contributed by atoms with Crippen LogP contribution < -0.4 is 10.2 Å². The number of carbonyl (C=O) groups is 1. The smallest absolute Gasteiger partial charge is 0.409 e. The molecule has 0 saturated heterocycles. The summed E-state index contributed by atoms with van der Waals surface area (Å²) in [6, 6.07) is 6.91. The first-order valence-corrected chi connectivity index (χ1v) is 4.54. The molecule has 15 heavy (non-hydrogen) atoms. The van der Waals surface area contributed by atoms with Crippen LogP contribution in [0, 0.1) is 0 Å². The van der Waals surface area contributed by atoms with Gasteiger partial charge in [-0.3, -0.25) is 4.79 Å². The fraction of sp³-hybridized carbons (Fsp3) is 0. The first-order chi connectivity index (χ1) is 7.18. The average molecular weight is 224 g/mol. The topological polar surface area (TPSA) is 59.2 Å². The molecule has 0 amide bonds. The molecule has 0 saturated carbocycles. The minimum absolute atomic E-state index is 0.103. The van der Waals surface area contributed by atoms with Gasteiger partial charge in [0.1, 0.15) is 0 Å². The number of H-pyrrole nitrogens is 1. The Labute approximate surface area is 89.4 Å². The quantitative estimate of drug-likeness (QED) is 0.755. The Hall–Kier alpha value is -1.81. The molecule has 76 valence electrons. The van der Waals surface area contributed by atoms with Gasteiger partial charge in [0.05, 0.1) is 0 Å². The lowest BCUT2D eigenvalue weighted by Gasteiger charge is -2.01. The van der Waals surface area contributed by atoms with Gasteiger partial charge in [-0.15, -0.1) is 0 Å². The fourth-order valence-corrected chi connectivity index (χ4v) is 1.39. The predicted octanol–water partition coefficient (Wildman–Crippen LogP) is 2.27. The predicted molar refractivity (Wildman–Crippen MR) is 56.4 cm³/mol. The van der Waals surface area contributed by atoms with Crippen molar-refractivity contribution < 1.29 is 9.53 Å². The van der Waals surface area contributed by atoms with Crippen LogP contribution in [0.1, 0.15) is 0 Å². The van der Waals surface area contributed by atoms with Crippen molar-refractivity contribution in [3.05, 3.63) is 40.7 Å². The molecule has 0 bridgehead atoms. The Morgan fingerprint density at radius 3 is 2.80 bits per heavy atom. The van der Waals surface area contributed by atoms with Gasteiger partial charge in [-0.1, -0.05) is 12.1 Å². The molecular weight excluding hydrogens is 218 g/mol. The summed E-state index contributed by atoms with van der Waals surface area (Å²) in [5.41, 5.74) is -0.717. The van der Waals surface area contributed by atoms with E-state index in [-0.39, 0.29) is 11.2 Å². The second-order valence-electron chi connectivity index (χ2n) is 2.87. The van der Waals surface area contributed by atoms with Crippen LogP contribution in [0.15, 0.2) is 35.3 Å². The molecule has 0 radical (unpaired) electrons. The van der Waals surface area contributed by atoms with Gasteiger partial charge in [-0.05, 0) is 12.1 Å². The molecule has 0 fully saturated rings. The van der Waals surface area contributed by atoms with Crippen LogP contribution in [-0.4, -0.2) is 10.4 Å². The highest BCUT2D eigenvalue weighted by Crippen LogP contribution is 2.11. The second kappa shape index (κ2) is 3.74. The number of halogens is 1. The third-order valence-electron chi connectivity index (χ3n) is 1.94. The largest absolute Gasteiger partial charge is 0.409 e. The number of hydrogen-bond donors (Lipinski definition) is 1. The van der Waals surface area contributed by atoms with Crippen LogP contribution in [0.3, 0.4) is 0 Å². The summed E-state index contributed by atoms with van der Waals surface area (Å²) < 4.78 is 4.54. The Balaban J connectivity index is 2.65. The van der Waals surface area contributed by atoms with Gasteiger partial charge < -0.3 is 9.72 Å². The monoisotopic (exact) mass is 223 g/mol. The Morgan fingerprint density at radius 1 is 1.33 bits per heavy atom. The second-order valence-corrected chi connectivity index (χ2v) is 3.18. The summed E-state index contributed by atoms with van der Waals surface area (Å²) in [5.74, 6) is -0.103. The fourth-order valence-electron chi connectivity index (χ4n) is 1.31. The van der Waals surface area contributed by atoms with Crippen LogP contribution in [0.25, 0.3) is 10.9 Å². The number of nitrogens with one attached hydrogen (secondary N) is 1. The van der Waals surface area contributed by atoms with Crippen molar-refractivity contribution in [3.63, 3.8) is 0 Å². The van der Waals surface area contributed by atoms with Crippen molar-refractivity contribution in [2.75, 3.05) is 0 Å². The van der Waals surface area contributed by atoms with Gasteiger partial charge in [-0.2, -0.15) is 0 Å². The zero-order valence-electron chi connectivity index (χ0n) is 7.49. The van der Waals surface area contributed by atoms with E-state index in [2.05, 4.69) is 9.72 Å². The summed E-state index contributed by atoms with van der Waals surface area (Å²) in [6.07, 6.45) is 1.31. The van der Waals surface area contributed by atoms with Crippen LogP contribution >= 0.6 is 11.6 Å². The van der Waals surface area contributed by atoms with E-state index in [0.29, 0.717) is 10.9 Å². The van der Waals surface area contributed by atoms with Gasteiger partial charge in [0, 0.05) is 28.7 Å². The van der Waals surface area contributed by atoms with Crippen LogP contribution in [0.4, 0.5) is 4.79 Å². The molecule has 0 aliphatic carbocycles. The SMILES string of the molecule is O=C(Cl)Oc1c[nH]c2ccccc2c1=O. The summed E-state index contributed by atoms with van der Waals surface area (Å²) in [5, 5.41) is 0.452. The lowest BCUT2D eigenvalue weighted by Crippen LogP contribution is -2.10. The highest BCUT2D eigenvalue weighted by atomic mass is 35.5. The minimum atomic E-state index is -1.03. The number of fused-ring (bicyclic) bond motifs is 1. The van der Waals surface area contributed by atoms with E-state index >= 15 is 0 Å². The highest BCUT2D eigenvalue weighted by Gasteiger charge is 2.07. The van der Waals surface area contributed by atoms with E-state index < -0.39 is 5.43 Å². The summed E-state index contributed by atoms with van der Waals surface area (Å²) in [4.78, 5) is 25.0. The molecule has 1 aromatic heterocycles. The first kappa shape index (κ1) is 9.73. The highest BCUT2D eigenvalue weighted by molar-refractivity contribution is 6.61. The van der Waals surface area contributed by atoms with Crippen LogP contribution in [0.5, 0.6) is 5.75 Å². The van der Waals surface area contributed by atoms with E-state index in [0.717, 1.165) is 0 Å². The third kappa shape index (κ3) is 1.85. The van der Waals surface area contributed by atoms with Crippen LogP contribution in [-0.2, 0) is 0 Å². The van der Waals surface area contributed by atoms with Gasteiger partial charge >= 0.3 is 5.43 Å². The summed E-state index contributed by atoms with van der Waals surface area (Å²) in [6.45, 7) is 0. The molecule has 1 N–H and O–H groups in total. The molecule has 0 atom stereocenters. The number of hydrogen-bond acceptors (Lipinski definition) is 3. The van der Waals surface area contributed by atoms with E-state index in [4.69, 9.17) is 11.6 Å². The standard InChI is InChI=1S/C10H6ClNO3/c11-10(14)15-8-5-12-7-4-2-1-3-6(7)9(8)13/h1-5H,(H,12,13). The van der Waals surface area contributed by atoms with E-state index in [1.165, 1.54) is 6.20 Å². The Kier molecular flexibility index (Phi) is 2.43. The van der Waals surface area contributed by atoms with Crippen LogP contribution in [0.2, 0.25) is 0 Å². The van der Waals surface area contributed by atoms with Gasteiger partial charge in [0.2, 0.25) is 5.43 Å². The molecule has 2 aromatic rings. The number of pyridine rings is 1. The molecule has 0 aliphatic rings. The molecule has 1 aromatic carbocycles. The van der Waals surface area contributed by atoms with E-state index in [1.807, 2.05) is 0 Å². The van der Waals surface area contributed by atoms with Crippen molar-refractivity contribution in [1.29, 1.82) is 0 Å². The number of carbonyl (C=O) groups excluding carboxylic acids is 1. The maximum absolute atomic E-state index is 11.7. The summed E-state index contributed by atoms with van der Waals surface area (Å²) >= 11 is 5.02. The minimum Gasteiger partial charge on any atom is -0.409 e. The molecule has 4 nitrogen and oxygen atoms in total. The zero-order valence-corrected chi connectivity index (χ0v) is 8.25. The van der Waals surface area contributed by atoms with Crippen molar-refractivity contribution in [2.24, 2.45) is 0 Å².